The second-order valence-corrected chi connectivity index (χ2v) is 7.94. The number of benzene rings is 1. The van der Waals surface area contributed by atoms with Crippen LogP contribution in [0.2, 0.25) is 5.32 Å². The number of hydrogen-bond acceptors (Lipinski definition) is 4. The van der Waals surface area contributed by atoms with Gasteiger partial charge in [0.15, 0.2) is 0 Å². The summed E-state index contributed by atoms with van der Waals surface area (Å²) in [5.41, 5.74) is 0. The molecule has 1 aliphatic heterocycles. The van der Waals surface area contributed by atoms with Gasteiger partial charge in [0.05, 0.1) is 0 Å². The van der Waals surface area contributed by atoms with Crippen LogP contribution in [0.15, 0.2) is 30.3 Å². The zero-order valence-electron chi connectivity index (χ0n) is 12.8. The Morgan fingerprint density at radius 1 is 1.41 bits per heavy atom. The van der Waals surface area contributed by atoms with Crippen molar-refractivity contribution in [2.75, 3.05) is 13.2 Å². The maximum atomic E-state index is 11.5. The van der Waals surface area contributed by atoms with Crippen LogP contribution in [-0.4, -0.2) is 40.1 Å². The van der Waals surface area contributed by atoms with E-state index in [0.717, 1.165) is 18.2 Å². The molecule has 1 aromatic rings. The van der Waals surface area contributed by atoms with Gasteiger partial charge in [0.1, 0.15) is 0 Å². The maximum absolute atomic E-state index is 11.5. The third-order valence-corrected chi connectivity index (χ3v) is 6.04. The summed E-state index contributed by atoms with van der Waals surface area (Å²) in [7, 11) is 0. The third-order valence-electron chi connectivity index (χ3n) is 3.85. The summed E-state index contributed by atoms with van der Waals surface area (Å²) >= 11 is 0.422. The molecule has 2 atom stereocenters. The van der Waals surface area contributed by atoms with Gasteiger partial charge in [-0.1, -0.05) is 0 Å². The van der Waals surface area contributed by atoms with Crippen LogP contribution >= 0.6 is 0 Å². The van der Waals surface area contributed by atoms with Crippen LogP contribution in [0.5, 0.6) is 0 Å². The minimum atomic E-state index is -0.253. The van der Waals surface area contributed by atoms with E-state index in [9.17, 15) is 9.59 Å². The molecule has 0 radical (unpaired) electrons. The first-order valence-corrected chi connectivity index (χ1v) is 9.69. The van der Waals surface area contributed by atoms with Crippen LogP contribution < -0.4 is 4.46 Å². The number of carbonyl (C=O) groups excluding carboxylic acids is 2. The zero-order valence-corrected chi connectivity index (χ0v) is 14.5. The van der Waals surface area contributed by atoms with E-state index < -0.39 is 0 Å². The molecule has 0 bridgehead atoms. The molecule has 1 aliphatic rings. The first-order chi connectivity index (χ1) is 10.6. The van der Waals surface area contributed by atoms with Crippen molar-refractivity contribution in [1.29, 1.82) is 0 Å². The number of ether oxygens (including phenoxy) is 2. The van der Waals surface area contributed by atoms with Gasteiger partial charge in [-0.15, -0.1) is 0 Å². The quantitative estimate of drug-likeness (QED) is 0.545. The molecule has 0 aliphatic carbocycles. The predicted molar refractivity (Wildman–Crippen MR) is 85.1 cm³/mol. The Bertz CT molecular complexity index is 489. The fourth-order valence-corrected chi connectivity index (χ4v) is 4.74. The van der Waals surface area contributed by atoms with Crippen LogP contribution in [0.25, 0.3) is 0 Å². The molecule has 4 nitrogen and oxygen atoms in total. The summed E-state index contributed by atoms with van der Waals surface area (Å²) in [5.74, 6) is 0.143. The molecule has 0 spiro atoms. The number of esters is 2. The van der Waals surface area contributed by atoms with Gasteiger partial charge in [0.2, 0.25) is 0 Å². The fraction of sp³-hybridized carbons (Fsp3) is 0.529. The summed E-state index contributed by atoms with van der Waals surface area (Å²) in [6.07, 6.45) is 2.31. The molecular weight excluding hydrogens is 347 g/mol. The van der Waals surface area contributed by atoms with Gasteiger partial charge in [-0.3, -0.25) is 0 Å². The van der Waals surface area contributed by atoms with Crippen molar-refractivity contribution in [2.45, 2.75) is 31.5 Å². The van der Waals surface area contributed by atoms with E-state index in [-0.39, 0.29) is 23.8 Å². The molecule has 0 amide bonds. The van der Waals surface area contributed by atoms with Crippen LogP contribution in [-0.2, 0) is 19.1 Å². The van der Waals surface area contributed by atoms with Crippen LogP contribution in [0.4, 0.5) is 0 Å². The molecule has 1 heterocycles. The first-order valence-electron chi connectivity index (χ1n) is 7.62. The second kappa shape index (κ2) is 8.96. The van der Waals surface area contributed by atoms with Gasteiger partial charge in [0, 0.05) is 0 Å². The molecule has 0 saturated carbocycles. The van der Waals surface area contributed by atoms with Crippen LogP contribution in [0.1, 0.15) is 26.2 Å². The summed E-state index contributed by atoms with van der Waals surface area (Å²) in [4.78, 5) is 22.6. The van der Waals surface area contributed by atoms with Crippen molar-refractivity contribution < 1.29 is 19.1 Å². The normalized spacial score (nSPS) is 19.3. The summed E-state index contributed by atoms with van der Waals surface area (Å²) < 4.78 is 11.6. The van der Waals surface area contributed by atoms with Crippen molar-refractivity contribution >= 4 is 31.4 Å². The molecule has 1 saturated heterocycles. The molecule has 0 aromatic heterocycles. The van der Waals surface area contributed by atoms with Crippen LogP contribution in [0, 0.1) is 11.8 Å². The number of cyclic esters (lactones) is 1. The predicted octanol–water partition coefficient (Wildman–Crippen LogP) is 1.96. The summed E-state index contributed by atoms with van der Waals surface area (Å²) in [5, 5.41) is 1.09. The van der Waals surface area contributed by atoms with E-state index in [1.807, 2.05) is 6.07 Å². The van der Waals surface area contributed by atoms with Crippen molar-refractivity contribution in [3.05, 3.63) is 30.3 Å². The van der Waals surface area contributed by atoms with Gasteiger partial charge in [-0.25, -0.2) is 0 Å². The van der Waals surface area contributed by atoms with Gasteiger partial charge >= 0.3 is 137 Å². The Kier molecular flexibility index (Phi) is 6.94. The Morgan fingerprint density at radius 3 is 2.86 bits per heavy atom. The minimum absolute atomic E-state index is 0.127. The van der Waals surface area contributed by atoms with Gasteiger partial charge < -0.3 is 0 Å². The zero-order chi connectivity index (χ0) is 15.8. The van der Waals surface area contributed by atoms with E-state index in [1.165, 1.54) is 11.4 Å². The van der Waals surface area contributed by atoms with E-state index >= 15 is 0 Å². The Hall–Kier alpha value is -1.32. The molecule has 22 heavy (non-hydrogen) atoms. The van der Waals surface area contributed by atoms with Crippen LogP contribution in [0.3, 0.4) is 0 Å². The van der Waals surface area contributed by atoms with Gasteiger partial charge in [0.25, 0.3) is 0 Å². The molecule has 5 heteroatoms. The van der Waals surface area contributed by atoms with Gasteiger partial charge in [-0.05, 0) is 0 Å². The summed E-state index contributed by atoms with van der Waals surface area (Å²) in [6.45, 7) is 2.34. The van der Waals surface area contributed by atoms with Crippen molar-refractivity contribution in [2.24, 2.45) is 11.8 Å². The molecule has 0 unspecified atom stereocenters. The molecule has 0 N–H and O–H groups in total. The number of carbonyl (C=O) groups is 2. The monoisotopic (exact) mass is 370 g/mol. The van der Waals surface area contributed by atoms with Gasteiger partial charge in [-0.2, -0.15) is 0 Å². The topological polar surface area (TPSA) is 52.6 Å². The third kappa shape index (κ3) is 5.82. The van der Waals surface area contributed by atoms with E-state index in [4.69, 9.17) is 9.47 Å². The number of rotatable bonds is 7. The molecule has 1 fully saturated rings. The second-order valence-electron chi connectivity index (χ2n) is 5.49. The first kappa shape index (κ1) is 17.0. The standard InChI is InChI=1S/C17H22O4Se/c1-13(18)21-12-15(14-7-9-20-17(19)11-14)8-10-22-16-5-3-2-4-6-16/h2-6,14-15H,7-12H2,1H3/t14-,15+/m1/s1. The number of hydrogen-bond donors (Lipinski definition) is 0. The van der Waals surface area contributed by atoms with Crippen molar-refractivity contribution in [3.8, 4) is 0 Å². The Balaban J connectivity index is 1.86. The summed E-state index contributed by atoms with van der Waals surface area (Å²) in [6, 6.07) is 10.4. The molecule has 2 rings (SSSR count). The Labute approximate surface area is 137 Å². The molecule has 1 aromatic carbocycles. The SMILES string of the molecule is CC(=O)OC[C@H](CC[Se]c1ccccc1)[C@@H]1CCOC(=O)C1. The molecule has 120 valence electrons. The van der Waals surface area contributed by atoms with Crippen molar-refractivity contribution in [3.63, 3.8) is 0 Å². The fourth-order valence-electron chi connectivity index (χ4n) is 2.63. The average Bonchev–Trinajstić information content (AvgIpc) is 2.51. The molecular formula is C17H22O4Se. The Morgan fingerprint density at radius 2 is 2.18 bits per heavy atom. The van der Waals surface area contributed by atoms with E-state index in [0.29, 0.717) is 34.6 Å². The van der Waals surface area contributed by atoms with E-state index in [1.54, 1.807) is 0 Å². The average molecular weight is 369 g/mol. The van der Waals surface area contributed by atoms with Crippen molar-refractivity contribution in [1.82, 2.24) is 0 Å². The van der Waals surface area contributed by atoms with E-state index in [2.05, 4.69) is 24.3 Å².